The molecule has 2 aliphatic rings. The number of rotatable bonds is 6. The van der Waals surface area contributed by atoms with Crippen LogP contribution in [0, 0.1) is 0 Å². The van der Waals surface area contributed by atoms with E-state index >= 15 is 0 Å². The quantitative estimate of drug-likeness (QED) is 0.435. The Labute approximate surface area is 178 Å². The van der Waals surface area contributed by atoms with Gasteiger partial charge in [-0.15, -0.1) is 0 Å². The van der Waals surface area contributed by atoms with Crippen molar-refractivity contribution in [1.82, 2.24) is 0 Å². The van der Waals surface area contributed by atoms with Crippen molar-refractivity contribution in [3.63, 3.8) is 0 Å². The summed E-state index contributed by atoms with van der Waals surface area (Å²) in [7, 11) is -1.84. The van der Waals surface area contributed by atoms with Crippen molar-refractivity contribution >= 4 is 18.5 Å². The molecule has 0 spiro atoms. The first-order valence-corrected chi connectivity index (χ1v) is 14.6. The van der Waals surface area contributed by atoms with Gasteiger partial charge in [-0.1, -0.05) is 88.3 Å². The fourth-order valence-electron chi connectivity index (χ4n) is 6.06. The van der Waals surface area contributed by atoms with E-state index in [1.165, 1.54) is 25.7 Å². The zero-order valence-corrected chi connectivity index (χ0v) is 20.2. The van der Waals surface area contributed by atoms with E-state index in [1.54, 1.807) is 54.9 Å². The maximum atomic E-state index is 2.64. The van der Waals surface area contributed by atoms with Crippen molar-refractivity contribution in [1.29, 1.82) is 0 Å². The summed E-state index contributed by atoms with van der Waals surface area (Å²) in [5.74, 6) is 0. The zero-order valence-electron chi connectivity index (χ0n) is 19.2. The molecule has 0 atom stereocenters. The van der Waals surface area contributed by atoms with Gasteiger partial charge < -0.3 is 0 Å². The van der Waals surface area contributed by atoms with Gasteiger partial charge in [-0.25, -0.2) is 0 Å². The van der Waals surface area contributed by atoms with E-state index in [0.29, 0.717) is 0 Å². The van der Waals surface area contributed by atoms with Crippen molar-refractivity contribution < 1.29 is 0 Å². The first-order chi connectivity index (χ1) is 14.0. The topological polar surface area (TPSA) is 0 Å². The molecule has 2 aromatic carbocycles. The van der Waals surface area contributed by atoms with Gasteiger partial charge in [-0.3, -0.25) is 0 Å². The first kappa shape index (κ1) is 20.4. The smallest absolute Gasteiger partial charge is 0.0658 e. The van der Waals surface area contributed by atoms with Crippen LogP contribution in [0.15, 0.2) is 47.5 Å². The maximum absolute atomic E-state index is 2.64. The minimum absolute atomic E-state index is 1.13. The molecule has 0 aliphatic heterocycles. The molecule has 0 nitrogen and oxygen atoms in total. The summed E-state index contributed by atoms with van der Waals surface area (Å²) in [5.41, 5.74) is 13.0. The van der Waals surface area contributed by atoms with Crippen molar-refractivity contribution in [3.05, 3.63) is 80.9 Å². The van der Waals surface area contributed by atoms with E-state index in [0.717, 1.165) is 12.8 Å². The van der Waals surface area contributed by atoms with Gasteiger partial charge in [0.25, 0.3) is 0 Å². The summed E-state index contributed by atoms with van der Waals surface area (Å²) in [5, 5.41) is 3.54. The number of hydrogen-bond acceptors (Lipinski definition) is 0. The lowest BCUT2D eigenvalue weighted by Crippen LogP contribution is -2.32. The Hall–Kier alpha value is -1.86. The molecule has 0 aromatic heterocycles. The Morgan fingerprint density at radius 1 is 0.621 bits per heavy atom. The molecule has 0 fully saturated rings. The highest BCUT2D eigenvalue weighted by molar-refractivity contribution is 7.09. The molecule has 29 heavy (non-hydrogen) atoms. The van der Waals surface area contributed by atoms with E-state index in [1.807, 2.05) is 0 Å². The van der Waals surface area contributed by atoms with Crippen LogP contribution >= 0.6 is 0 Å². The van der Waals surface area contributed by atoms with Crippen LogP contribution in [0.1, 0.15) is 73.9 Å². The van der Waals surface area contributed by atoms with Gasteiger partial charge >= 0.3 is 0 Å². The van der Waals surface area contributed by atoms with Crippen LogP contribution in [0.3, 0.4) is 0 Å². The standard InChI is InChI=1S/C28H36Si/c1-7-19-13-11-15-23-17-21(9-3)27(25(19)23)29(5,6)28-22(10-4)18-24-16-12-14-20(8-2)26(24)28/h11-16H,7-10,17-18H2,1-6H3. The molecular weight excluding hydrogens is 364 g/mol. The predicted octanol–water partition coefficient (Wildman–Crippen LogP) is 7.74. The van der Waals surface area contributed by atoms with Gasteiger partial charge in [-0.2, -0.15) is 0 Å². The molecular formula is C28H36Si. The van der Waals surface area contributed by atoms with Crippen LogP contribution in [0.2, 0.25) is 13.1 Å². The minimum Gasteiger partial charge on any atom is -0.0658 e. The molecule has 2 aliphatic carbocycles. The predicted molar refractivity (Wildman–Crippen MR) is 131 cm³/mol. The molecule has 0 amide bonds. The van der Waals surface area contributed by atoms with E-state index < -0.39 is 8.07 Å². The van der Waals surface area contributed by atoms with Gasteiger partial charge in [0.2, 0.25) is 0 Å². The van der Waals surface area contributed by atoms with Crippen LogP contribution in [-0.4, -0.2) is 8.07 Å². The summed E-state index contributed by atoms with van der Waals surface area (Å²) >= 11 is 0. The Bertz CT molecular complexity index is 935. The summed E-state index contributed by atoms with van der Waals surface area (Å²) < 4.78 is 0. The molecule has 1 heteroatoms. The highest BCUT2D eigenvalue weighted by Crippen LogP contribution is 2.51. The molecule has 0 radical (unpaired) electrons. The van der Waals surface area contributed by atoms with E-state index in [2.05, 4.69) is 77.2 Å². The Morgan fingerprint density at radius 2 is 1.03 bits per heavy atom. The SMILES string of the molecule is CCC1=C([Si](C)(C)C2=C(CC)Cc3cccc(CC)c32)c2c(CC)cccc2C1. The van der Waals surface area contributed by atoms with Gasteiger partial charge in [0, 0.05) is 0 Å². The van der Waals surface area contributed by atoms with Crippen LogP contribution in [0.25, 0.3) is 10.4 Å². The molecule has 0 saturated heterocycles. The maximum Gasteiger partial charge on any atom is 0.113 e. The van der Waals surface area contributed by atoms with Gasteiger partial charge in [0.15, 0.2) is 0 Å². The summed E-state index contributed by atoms with van der Waals surface area (Å²) in [6.07, 6.45) is 6.96. The van der Waals surface area contributed by atoms with Crippen molar-refractivity contribution in [3.8, 4) is 0 Å². The van der Waals surface area contributed by atoms with E-state index in [9.17, 15) is 0 Å². The molecule has 2 aromatic rings. The fraction of sp³-hybridized carbons (Fsp3) is 0.429. The summed E-state index contributed by atoms with van der Waals surface area (Å²) in [4.78, 5) is 0. The molecule has 0 N–H and O–H groups in total. The van der Waals surface area contributed by atoms with Crippen LogP contribution in [0.5, 0.6) is 0 Å². The number of aryl methyl sites for hydroxylation is 2. The monoisotopic (exact) mass is 400 g/mol. The molecule has 4 rings (SSSR count). The second-order valence-electron chi connectivity index (χ2n) is 9.25. The largest absolute Gasteiger partial charge is 0.113 e. The van der Waals surface area contributed by atoms with Crippen molar-refractivity contribution in [2.45, 2.75) is 79.3 Å². The highest BCUT2D eigenvalue weighted by atomic mass is 28.3. The number of fused-ring (bicyclic) bond motifs is 2. The third-order valence-corrected chi connectivity index (χ3v) is 11.1. The zero-order chi connectivity index (χ0) is 20.8. The lowest BCUT2D eigenvalue weighted by Gasteiger charge is -2.32. The Morgan fingerprint density at radius 3 is 1.38 bits per heavy atom. The highest BCUT2D eigenvalue weighted by Gasteiger charge is 2.42. The van der Waals surface area contributed by atoms with Crippen LogP contribution < -0.4 is 0 Å². The molecule has 0 bridgehead atoms. The lowest BCUT2D eigenvalue weighted by molar-refractivity contribution is 1.03. The van der Waals surface area contributed by atoms with Gasteiger partial charge in [0.05, 0.1) is 0 Å². The summed E-state index contributed by atoms with van der Waals surface area (Å²) in [6.45, 7) is 14.7. The lowest BCUT2D eigenvalue weighted by atomic mass is 10.0. The normalized spacial score (nSPS) is 15.9. The minimum atomic E-state index is -1.84. The van der Waals surface area contributed by atoms with Crippen molar-refractivity contribution in [2.75, 3.05) is 0 Å². The number of hydrogen-bond donors (Lipinski definition) is 0. The second-order valence-corrected chi connectivity index (χ2v) is 13.5. The van der Waals surface area contributed by atoms with E-state index in [-0.39, 0.29) is 0 Å². The average Bonchev–Trinajstić information content (AvgIpc) is 3.32. The Kier molecular flexibility index (Phi) is 5.46. The molecule has 0 unspecified atom stereocenters. The Balaban J connectivity index is 1.98. The fourth-order valence-corrected chi connectivity index (χ4v) is 10.5. The summed E-state index contributed by atoms with van der Waals surface area (Å²) in [6, 6.07) is 14.1. The second kappa shape index (κ2) is 7.76. The molecule has 152 valence electrons. The number of benzene rings is 2. The van der Waals surface area contributed by atoms with Crippen LogP contribution in [-0.2, 0) is 25.7 Å². The van der Waals surface area contributed by atoms with Gasteiger partial charge in [-0.05, 0) is 82.3 Å². The van der Waals surface area contributed by atoms with Gasteiger partial charge in [0.1, 0.15) is 8.07 Å². The van der Waals surface area contributed by atoms with Crippen LogP contribution in [0.4, 0.5) is 0 Å². The average molecular weight is 401 g/mol. The van der Waals surface area contributed by atoms with Crippen molar-refractivity contribution in [2.24, 2.45) is 0 Å². The number of allylic oxidation sites excluding steroid dienone is 2. The molecule has 0 saturated carbocycles. The first-order valence-electron chi connectivity index (χ1n) is 11.6. The molecule has 0 heterocycles. The third-order valence-electron chi connectivity index (χ3n) is 7.35. The van der Waals surface area contributed by atoms with E-state index in [4.69, 9.17) is 0 Å². The third kappa shape index (κ3) is 3.10.